The molecule has 1 aromatic carbocycles. The van der Waals surface area contributed by atoms with Crippen LogP contribution in [-0.2, 0) is 11.3 Å². The van der Waals surface area contributed by atoms with E-state index in [1.54, 1.807) is 0 Å². The molecule has 2 N–H and O–H groups in total. The molecule has 1 fully saturated rings. The fourth-order valence-corrected chi connectivity index (χ4v) is 2.18. The molecule has 0 aliphatic carbocycles. The highest BCUT2D eigenvalue weighted by Crippen LogP contribution is 2.23. The maximum atomic E-state index is 9.55. The Labute approximate surface area is 108 Å². The topological polar surface area (TPSA) is 41.5 Å². The molecule has 5 heteroatoms. The van der Waals surface area contributed by atoms with E-state index in [-0.39, 0.29) is 6.04 Å². The normalized spacial score (nSPS) is 24.9. The summed E-state index contributed by atoms with van der Waals surface area (Å²) in [5, 5.41) is 13.5. The number of halogens is 2. The van der Waals surface area contributed by atoms with Gasteiger partial charge in [-0.05, 0) is 33.6 Å². The highest BCUT2D eigenvalue weighted by atomic mass is 79.9. The molecule has 0 bridgehead atoms. The van der Waals surface area contributed by atoms with Crippen LogP contribution in [0.4, 0.5) is 0 Å². The summed E-state index contributed by atoms with van der Waals surface area (Å²) in [6.07, 6.45) is -0.407. The minimum absolute atomic E-state index is 0.0226. The van der Waals surface area contributed by atoms with Gasteiger partial charge in [-0.3, -0.25) is 0 Å². The lowest BCUT2D eigenvalue weighted by Gasteiger charge is -2.14. The third-order valence-electron chi connectivity index (χ3n) is 2.60. The quantitative estimate of drug-likeness (QED) is 0.897. The molecular formula is C11H13BrClNO2. The molecule has 88 valence electrons. The SMILES string of the molecule is OC1COCC1NCc1ccc(Cl)c(Br)c1. The molecule has 0 aromatic heterocycles. The Morgan fingerprint density at radius 3 is 2.94 bits per heavy atom. The zero-order chi connectivity index (χ0) is 11.5. The maximum absolute atomic E-state index is 9.55. The molecule has 2 atom stereocenters. The number of aliphatic hydroxyl groups excluding tert-OH is 1. The lowest BCUT2D eigenvalue weighted by Crippen LogP contribution is -2.38. The van der Waals surface area contributed by atoms with Gasteiger partial charge in [0.25, 0.3) is 0 Å². The van der Waals surface area contributed by atoms with Crippen LogP contribution < -0.4 is 5.32 Å². The largest absolute Gasteiger partial charge is 0.389 e. The van der Waals surface area contributed by atoms with Gasteiger partial charge in [0.2, 0.25) is 0 Å². The number of benzene rings is 1. The van der Waals surface area contributed by atoms with Crippen molar-refractivity contribution in [2.24, 2.45) is 0 Å². The summed E-state index contributed by atoms with van der Waals surface area (Å²) in [6.45, 7) is 1.68. The van der Waals surface area contributed by atoms with Crippen LogP contribution in [0.25, 0.3) is 0 Å². The number of aliphatic hydroxyl groups is 1. The van der Waals surface area contributed by atoms with Crippen LogP contribution in [0.15, 0.2) is 22.7 Å². The third-order valence-corrected chi connectivity index (χ3v) is 3.82. The number of nitrogens with one attached hydrogen (secondary N) is 1. The van der Waals surface area contributed by atoms with Crippen LogP contribution in [0, 0.1) is 0 Å². The Balaban J connectivity index is 1.91. The van der Waals surface area contributed by atoms with Gasteiger partial charge < -0.3 is 15.2 Å². The minimum atomic E-state index is -0.407. The number of rotatable bonds is 3. The second-order valence-corrected chi connectivity index (χ2v) is 5.10. The minimum Gasteiger partial charge on any atom is -0.389 e. The van der Waals surface area contributed by atoms with Crippen LogP contribution >= 0.6 is 27.5 Å². The van der Waals surface area contributed by atoms with Crippen molar-refractivity contribution in [1.82, 2.24) is 5.32 Å². The van der Waals surface area contributed by atoms with Crippen molar-refractivity contribution >= 4 is 27.5 Å². The smallest absolute Gasteiger partial charge is 0.0948 e. The van der Waals surface area contributed by atoms with Crippen molar-refractivity contribution in [2.45, 2.75) is 18.7 Å². The van der Waals surface area contributed by atoms with Gasteiger partial charge in [-0.25, -0.2) is 0 Å². The summed E-state index contributed by atoms with van der Waals surface area (Å²) in [4.78, 5) is 0. The van der Waals surface area contributed by atoms with E-state index in [4.69, 9.17) is 16.3 Å². The van der Waals surface area contributed by atoms with Gasteiger partial charge in [-0.15, -0.1) is 0 Å². The molecule has 1 aromatic rings. The standard InChI is InChI=1S/C11H13BrClNO2/c12-8-3-7(1-2-9(8)13)4-14-10-5-16-6-11(10)15/h1-3,10-11,14-15H,4-6H2. The molecule has 0 spiro atoms. The second-order valence-electron chi connectivity index (χ2n) is 3.84. The lowest BCUT2D eigenvalue weighted by atomic mass is 10.2. The molecule has 1 heterocycles. The predicted molar refractivity (Wildman–Crippen MR) is 66.6 cm³/mol. The van der Waals surface area contributed by atoms with Gasteiger partial charge in [0.15, 0.2) is 0 Å². The van der Waals surface area contributed by atoms with Crippen molar-refractivity contribution in [3.05, 3.63) is 33.3 Å². The maximum Gasteiger partial charge on any atom is 0.0948 e. The summed E-state index contributed by atoms with van der Waals surface area (Å²) >= 11 is 9.28. The highest BCUT2D eigenvalue weighted by molar-refractivity contribution is 9.10. The second kappa shape index (κ2) is 5.47. The van der Waals surface area contributed by atoms with Gasteiger partial charge in [0, 0.05) is 11.0 Å². The molecule has 2 unspecified atom stereocenters. The van der Waals surface area contributed by atoms with Crippen molar-refractivity contribution in [1.29, 1.82) is 0 Å². The van der Waals surface area contributed by atoms with Crippen LogP contribution in [0.2, 0.25) is 5.02 Å². The fraction of sp³-hybridized carbons (Fsp3) is 0.455. The molecule has 2 rings (SSSR count). The average molecular weight is 307 g/mol. The monoisotopic (exact) mass is 305 g/mol. The fourth-order valence-electron chi connectivity index (χ4n) is 1.64. The van der Waals surface area contributed by atoms with Crippen molar-refractivity contribution < 1.29 is 9.84 Å². The van der Waals surface area contributed by atoms with E-state index >= 15 is 0 Å². The number of hydrogen-bond donors (Lipinski definition) is 2. The van der Waals surface area contributed by atoms with Crippen LogP contribution in [-0.4, -0.2) is 30.5 Å². The molecule has 0 amide bonds. The van der Waals surface area contributed by atoms with Gasteiger partial charge in [-0.1, -0.05) is 17.7 Å². The van der Waals surface area contributed by atoms with E-state index in [1.165, 1.54) is 0 Å². The summed E-state index contributed by atoms with van der Waals surface area (Å²) in [6, 6.07) is 5.80. The molecule has 1 aliphatic rings. The van der Waals surface area contributed by atoms with E-state index in [1.807, 2.05) is 18.2 Å². The zero-order valence-electron chi connectivity index (χ0n) is 8.62. The van der Waals surface area contributed by atoms with Crippen molar-refractivity contribution in [3.63, 3.8) is 0 Å². The summed E-state index contributed by atoms with van der Waals surface area (Å²) in [7, 11) is 0. The molecule has 16 heavy (non-hydrogen) atoms. The van der Waals surface area contributed by atoms with E-state index in [9.17, 15) is 5.11 Å². The first-order valence-corrected chi connectivity index (χ1v) is 6.27. The number of ether oxygens (including phenoxy) is 1. The third kappa shape index (κ3) is 2.96. The lowest BCUT2D eigenvalue weighted by molar-refractivity contribution is 0.122. The van der Waals surface area contributed by atoms with E-state index in [0.717, 1.165) is 10.0 Å². The van der Waals surface area contributed by atoms with Gasteiger partial charge in [0.05, 0.1) is 30.4 Å². The molecule has 3 nitrogen and oxygen atoms in total. The van der Waals surface area contributed by atoms with E-state index < -0.39 is 6.10 Å². The first kappa shape index (κ1) is 12.3. The van der Waals surface area contributed by atoms with Crippen molar-refractivity contribution in [2.75, 3.05) is 13.2 Å². The van der Waals surface area contributed by atoms with Crippen LogP contribution in [0.5, 0.6) is 0 Å². The first-order chi connectivity index (χ1) is 7.66. The average Bonchev–Trinajstić information content (AvgIpc) is 2.66. The van der Waals surface area contributed by atoms with E-state index in [2.05, 4.69) is 21.2 Å². The Morgan fingerprint density at radius 1 is 1.50 bits per heavy atom. The van der Waals surface area contributed by atoms with Crippen LogP contribution in [0.1, 0.15) is 5.56 Å². The molecule has 0 saturated carbocycles. The molecule has 1 aliphatic heterocycles. The Morgan fingerprint density at radius 2 is 2.31 bits per heavy atom. The zero-order valence-corrected chi connectivity index (χ0v) is 11.0. The Kier molecular flexibility index (Phi) is 4.21. The Hall–Kier alpha value is -0.130. The van der Waals surface area contributed by atoms with Crippen molar-refractivity contribution in [3.8, 4) is 0 Å². The molecule has 1 saturated heterocycles. The molecule has 0 radical (unpaired) electrons. The first-order valence-electron chi connectivity index (χ1n) is 5.10. The number of hydrogen-bond acceptors (Lipinski definition) is 3. The van der Waals surface area contributed by atoms with Crippen LogP contribution in [0.3, 0.4) is 0 Å². The summed E-state index contributed by atoms with van der Waals surface area (Å²) in [5.74, 6) is 0. The Bertz CT molecular complexity index is 375. The van der Waals surface area contributed by atoms with Gasteiger partial charge in [-0.2, -0.15) is 0 Å². The highest BCUT2D eigenvalue weighted by Gasteiger charge is 2.25. The van der Waals surface area contributed by atoms with Gasteiger partial charge >= 0.3 is 0 Å². The predicted octanol–water partition coefficient (Wildman–Crippen LogP) is 1.95. The molecular weight excluding hydrogens is 293 g/mol. The summed E-state index contributed by atoms with van der Waals surface area (Å²) < 4.78 is 6.04. The van der Waals surface area contributed by atoms with E-state index in [0.29, 0.717) is 24.8 Å². The van der Waals surface area contributed by atoms with Gasteiger partial charge in [0.1, 0.15) is 0 Å². The summed E-state index contributed by atoms with van der Waals surface area (Å²) in [5.41, 5.74) is 1.12.